The number of rotatable bonds is 6. The number of aliphatic hydroxyl groups is 2. The van der Waals surface area contributed by atoms with Crippen molar-refractivity contribution in [1.29, 1.82) is 0 Å². The lowest BCUT2D eigenvalue weighted by Gasteiger charge is -2.01. The smallest absolute Gasteiger partial charge is 0.176 e. The van der Waals surface area contributed by atoms with Crippen molar-refractivity contribution in [2.24, 2.45) is 0 Å². The van der Waals surface area contributed by atoms with Crippen LogP contribution in [0.5, 0.6) is 11.5 Å². The van der Waals surface area contributed by atoms with Gasteiger partial charge >= 0.3 is 0 Å². The van der Waals surface area contributed by atoms with Crippen LogP contribution in [-0.2, 0) is 0 Å². The molecular formula is C14H16O4S2. The van der Waals surface area contributed by atoms with Gasteiger partial charge in [0.1, 0.15) is 11.5 Å². The van der Waals surface area contributed by atoms with Crippen molar-refractivity contribution >= 4 is 34.2 Å². The average molecular weight is 312 g/mol. The molecule has 20 heavy (non-hydrogen) atoms. The van der Waals surface area contributed by atoms with Crippen LogP contribution in [0, 0.1) is 0 Å². The molecule has 0 atom stereocenters. The fourth-order valence-corrected chi connectivity index (χ4v) is 3.15. The molecule has 0 fully saturated rings. The van der Waals surface area contributed by atoms with Gasteiger partial charge in [-0.05, 0) is 13.8 Å². The number of ether oxygens (including phenoxy) is 2. The molecule has 0 spiro atoms. The minimum Gasteiger partial charge on any atom is -0.503 e. The molecule has 2 rings (SSSR count). The molecule has 0 saturated carbocycles. The van der Waals surface area contributed by atoms with Gasteiger partial charge in [-0.25, -0.2) is 0 Å². The zero-order chi connectivity index (χ0) is 14.5. The maximum atomic E-state index is 10.1. The van der Waals surface area contributed by atoms with Gasteiger partial charge in [0, 0.05) is 22.9 Å². The van der Waals surface area contributed by atoms with E-state index in [9.17, 15) is 10.2 Å². The molecule has 0 amide bonds. The molecule has 6 heteroatoms. The van der Waals surface area contributed by atoms with Gasteiger partial charge in [-0.1, -0.05) is 0 Å². The second kappa shape index (κ2) is 6.67. The molecule has 4 nitrogen and oxygen atoms in total. The Morgan fingerprint density at radius 2 is 1.30 bits per heavy atom. The molecule has 0 radical (unpaired) electrons. The zero-order valence-electron chi connectivity index (χ0n) is 11.3. The van der Waals surface area contributed by atoms with Crippen molar-refractivity contribution in [3.8, 4) is 11.5 Å². The number of hydrogen-bond acceptors (Lipinski definition) is 6. The Hall–Kier alpha value is -1.66. The van der Waals surface area contributed by atoms with Gasteiger partial charge in [-0.15, -0.1) is 22.7 Å². The van der Waals surface area contributed by atoms with E-state index in [2.05, 4.69) is 0 Å². The van der Waals surface area contributed by atoms with E-state index in [4.69, 9.17) is 9.47 Å². The van der Waals surface area contributed by atoms with Gasteiger partial charge in [-0.2, -0.15) is 0 Å². The van der Waals surface area contributed by atoms with E-state index >= 15 is 0 Å². The first kappa shape index (κ1) is 14.7. The third-order valence-corrected chi connectivity index (χ3v) is 4.29. The molecule has 2 aromatic heterocycles. The second-order valence-corrected chi connectivity index (χ2v) is 5.68. The molecule has 0 aliphatic carbocycles. The lowest BCUT2D eigenvalue weighted by atomic mass is 10.3. The monoisotopic (exact) mass is 312 g/mol. The molecule has 0 saturated heterocycles. The predicted octanol–water partition coefficient (Wildman–Crippen LogP) is 4.55. The first-order valence-corrected chi connectivity index (χ1v) is 7.97. The summed E-state index contributed by atoms with van der Waals surface area (Å²) in [5.41, 5.74) is 0. The van der Waals surface area contributed by atoms with E-state index in [1.807, 2.05) is 13.8 Å². The van der Waals surface area contributed by atoms with E-state index < -0.39 is 0 Å². The van der Waals surface area contributed by atoms with Gasteiger partial charge in [0.25, 0.3) is 0 Å². The summed E-state index contributed by atoms with van der Waals surface area (Å²) in [6.45, 7) is 4.92. The van der Waals surface area contributed by atoms with Gasteiger partial charge in [0.15, 0.2) is 11.5 Å². The summed E-state index contributed by atoms with van der Waals surface area (Å²) in [5.74, 6) is 1.08. The largest absolute Gasteiger partial charge is 0.503 e. The van der Waals surface area contributed by atoms with Gasteiger partial charge in [-0.3, -0.25) is 0 Å². The van der Waals surface area contributed by atoms with Crippen LogP contribution in [0.3, 0.4) is 0 Å². The zero-order valence-corrected chi connectivity index (χ0v) is 12.9. The molecule has 0 aliphatic heterocycles. The van der Waals surface area contributed by atoms with E-state index in [1.54, 1.807) is 22.9 Å². The highest BCUT2D eigenvalue weighted by Gasteiger charge is 2.14. The normalized spacial score (nSPS) is 12.1. The Labute approximate surface area is 125 Å². The maximum absolute atomic E-state index is 10.1. The Bertz CT molecular complexity index is 546. The molecule has 0 aromatic carbocycles. The fraction of sp³-hybridized carbons (Fsp3) is 0.286. The summed E-state index contributed by atoms with van der Waals surface area (Å²) in [6, 6.07) is 3.41. The van der Waals surface area contributed by atoms with Crippen LogP contribution in [0.2, 0.25) is 0 Å². The summed E-state index contributed by atoms with van der Waals surface area (Å²) in [7, 11) is 0. The molecule has 0 unspecified atom stereocenters. The van der Waals surface area contributed by atoms with Crippen LogP contribution in [0.4, 0.5) is 0 Å². The van der Waals surface area contributed by atoms with E-state index in [0.717, 1.165) is 0 Å². The van der Waals surface area contributed by atoms with Crippen molar-refractivity contribution in [2.75, 3.05) is 13.2 Å². The minimum absolute atomic E-state index is 0.147. The first-order chi connectivity index (χ1) is 9.65. The van der Waals surface area contributed by atoms with Crippen LogP contribution in [0.25, 0.3) is 11.5 Å². The summed E-state index contributed by atoms with van der Waals surface area (Å²) in [6.07, 6.45) is 0. The van der Waals surface area contributed by atoms with E-state index in [0.29, 0.717) is 34.5 Å². The Balaban J connectivity index is 2.23. The molecular weight excluding hydrogens is 296 g/mol. The highest BCUT2D eigenvalue weighted by atomic mass is 32.1. The Morgan fingerprint density at radius 1 is 0.900 bits per heavy atom. The lowest BCUT2D eigenvalue weighted by Crippen LogP contribution is -1.90. The van der Waals surface area contributed by atoms with Crippen LogP contribution < -0.4 is 9.47 Å². The SMILES string of the molecule is CCOc1csc(/C(O)=C(\O)c2cc(OCC)cs2)c1. The summed E-state index contributed by atoms with van der Waals surface area (Å²) in [4.78, 5) is 1.13. The molecule has 108 valence electrons. The highest BCUT2D eigenvalue weighted by molar-refractivity contribution is 7.12. The minimum atomic E-state index is -0.147. The average Bonchev–Trinajstić information content (AvgIpc) is 3.07. The van der Waals surface area contributed by atoms with Crippen LogP contribution in [-0.4, -0.2) is 23.4 Å². The molecule has 2 heterocycles. The standard InChI is InChI=1S/C14H16O4S2/c1-3-17-9-5-11(19-7-9)13(15)14(16)12-6-10(8-20-12)18-4-2/h5-8,15-16H,3-4H2,1-2H3/b14-13+. The van der Waals surface area contributed by atoms with Crippen molar-refractivity contribution in [3.05, 3.63) is 32.6 Å². The fourth-order valence-electron chi connectivity index (χ4n) is 1.60. The summed E-state index contributed by atoms with van der Waals surface area (Å²) < 4.78 is 10.7. The third-order valence-electron chi connectivity index (χ3n) is 2.46. The van der Waals surface area contributed by atoms with Crippen molar-refractivity contribution in [2.45, 2.75) is 13.8 Å². The van der Waals surface area contributed by atoms with Gasteiger partial charge in [0.05, 0.1) is 23.0 Å². The summed E-state index contributed by atoms with van der Waals surface area (Å²) >= 11 is 2.64. The van der Waals surface area contributed by atoms with E-state index in [-0.39, 0.29) is 11.5 Å². The highest BCUT2D eigenvalue weighted by Crippen LogP contribution is 2.33. The molecule has 0 aliphatic rings. The van der Waals surface area contributed by atoms with Crippen molar-refractivity contribution in [3.63, 3.8) is 0 Å². The van der Waals surface area contributed by atoms with Crippen molar-refractivity contribution in [1.82, 2.24) is 0 Å². The lowest BCUT2D eigenvalue weighted by molar-refractivity contribution is 0.341. The molecule has 2 N–H and O–H groups in total. The molecule has 0 bridgehead atoms. The maximum Gasteiger partial charge on any atom is 0.176 e. The second-order valence-electron chi connectivity index (χ2n) is 3.86. The number of aliphatic hydroxyl groups excluding tert-OH is 2. The predicted molar refractivity (Wildman–Crippen MR) is 83.0 cm³/mol. The van der Waals surface area contributed by atoms with Gasteiger partial charge in [0.2, 0.25) is 0 Å². The topological polar surface area (TPSA) is 58.9 Å². The van der Waals surface area contributed by atoms with Crippen molar-refractivity contribution < 1.29 is 19.7 Å². The molecule has 2 aromatic rings. The first-order valence-electron chi connectivity index (χ1n) is 6.21. The third kappa shape index (κ3) is 3.26. The van der Waals surface area contributed by atoms with Gasteiger partial charge < -0.3 is 19.7 Å². The number of hydrogen-bond donors (Lipinski definition) is 2. The van der Waals surface area contributed by atoms with Crippen LogP contribution in [0.15, 0.2) is 22.9 Å². The summed E-state index contributed by atoms with van der Waals surface area (Å²) in [5, 5.41) is 23.8. The number of thiophene rings is 2. The van der Waals surface area contributed by atoms with E-state index in [1.165, 1.54) is 22.7 Å². The van der Waals surface area contributed by atoms with Crippen LogP contribution in [0.1, 0.15) is 23.6 Å². The van der Waals surface area contributed by atoms with Crippen LogP contribution >= 0.6 is 22.7 Å². The Morgan fingerprint density at radius 3 is 1.65 bits per heavy atom. The Kier molecular flexibility index (Phi) is 4.92. The quantitative estimate of drug-likeness (QED) is 0.768.